The Balaban J connectivity index is 0.00000242. The molecular formula is C15H25ClN2O3S. The fraction of sp³-hybridized carbons (Fsp3) is 0.600. The molecule has 0 radical (unpaired) electrons. The Hall–Kier alpha value is -0.820. The van der Waals surface area contributed by atoms with E-state index in [2.05, 4.69) is 13.8 Å². The quantitative estimate of drug-likeness (QED) is 0.855. The number of halogens is 1. The molecule has 1 saturated heterocycles. The molecule has 1 aliphatic heterocycles. The van der Waals surface area contributed by atoms with Crippen molar-refractivity contribution in [2.45, 2.75) is 37.6 Å². The lowest BCUT2D eigenvalue weighted by Gasteiger charge is -2.22. The summed E-state index contributed by atoms with van der Waals surface area (Å²) in [5, 5.41) is 0. The topological polar surface area (TPSA) is 72.6 Å². The molecule has 1 unspecified atom stereocenters. The molecule has 126 valence electrons. The van der Waals surface area contributed by atoms with Crippen molar-refractivity contribution in [2.75, 3.05) is 19.7 Å². The maximum Gasteiger partial charge on any atom is 0.243 e. The summed E-state index contributed by atoms with van der Waals surface area (Å²) >= 11 is 0. The van der Waals surface area contributed by atoms with Crippen molar-refractivity contribution in [2.24, 2.45) is 11.7 Å². The van der Waals surface area contributed by atoms with Crippen LogP contribution in [0.15, 0.2) is 29.2 Å². The van der Waals surface area contributed by atoms with Crippen LogP contribution in [0, 0.1) is 5.92 Å². The molecule has 0 spiro atoms. The number of hydrogen-bond donors (Lipinski definition) is 1. The predicted molar refractivity (Wildman–Crippen MR) is 90.0 cm³/mol. The molecule has 0 amide bonds. The standard InChI is InChI=1S/C15H24N2O3S.ClH/c1-12(2)11-20-14-5-7-15(8-6-14)21(18,19)17-9-3-4-13(17)10-16;/h5-8,12-13H,3-4,9-11,16H2,1-2H3;1H. The van der Waals surface area contributed by atoms with E-state index in [1.54, 1.807) is 24.3 Å². The second kappa shape index (κ2) is 8.15. The van der Waals surface area contributed by atoms with Gasteiger partial charge in [0.15, 0.2) is 0 Å². The van der Waals surface area contributed by atoms with Gasteiger partial charge in [0, 0.05) is 19.1 Å². The van der Waals surface area contributed by atoms with Gasteiger partial charge in [0.05, 0.1) is 11.5 Å². The van der Waals surface area contributed by atoms with Crippen LogP contribution in [0.3, 0.4) is 0 Å². The maximum atomic E-state index is 12.6. The Morgan fingerprint density at radius 3 is 2.50 bits per heavy atom. The first-order valence-corrected chi connectivity index (χ1v) is 8.84. The normalized spacial score (nSPS) is 19.2. The minimum absolute atomic E-state index is 0. The van der Waals surface area contributed by atoms with Crippen LogP contribution in [0.25, 0.3) is 0 Å². The molecule has 5 nitrogen and oxygen atoms in total. The van der Waals surface area contributed by atoms with Crippen LogP contribution in [0.5, 0.6) is 5.75 Å². The summed E-state index contributed by atoms with van der Waals surface area (Å²) in [5.74, 6) is 1.13. The summed E-state index contributed by atoms with van der Waals surface area (Å²) in [6, 6.07) is 6.56. The Kier molecular flexibility index (Phi) is 7.12. The average Bonchev–Trinajstić information content (AvgIpc) is 2.94. The summed E-state index contributed by atoms with van der Waals surface area (Å²) < 4.78 is 32.3. The minimum Gasteiger partial charge on any atom is -0.493 e. The van der Waals surface area contributed by atoms with E-state index in [0.717, 1.165) is 12.8 Å². The molecule has 1 atom stereocenters. The molecule has 0 bridgehead atoms. The first-order chi connectivity index (χ1) is 9.95. The van der Waals surface area contributed by atoms with Gasteiger partial charge < -0.3 is 10.5 Å². The van der Waals surface area contributed by atoms with Crippen molar-refractivity contribution in [1.29, 1.82) is 0 Å². The second-order valence-electron chi connectivity index (χ2n) is 5.82. The molecule has 2 rings (SSSR count). The molecular weight excluding hydrogens is 324 g/mol. The van der Waals surface area contributed by atoms with Crippen molar-refractivity contribution >= 4 is 22.4 Å². The van der Waals surface area contributed by atoms with Crippen molar-refractivity contribution in [1.82, 2.24) is 4.31 Å². The van der Waals surface area contributed by atoms with Crippen LogP contribution >= 0.6 is 12.4 Å². The Morgan fingerprint density at radius 2 is 1.95 bits per heavy atom. The summed E-state index contributed by atoms with van der Waals surface area (Å²) in [7, 11) is -3.45. The van der Waals surface area contributed by atoms with Gasteiger partial charge in [0.25, 0.3) is 0 Å². The average molecular weight is 349 g/mol. The van der Waals surface area contributed by atoms with Gasteiger partial charge in [-0.05, 0) is 43.0 Å². The SMILES string of the molecule is CC(C)COc1ccc(S(=O)(=O)N2CCCC2CN)cc1.Cl. The fourth-order valence-electron chi connectivity index (χ4n) is 2.47. The van der Waals surface area contributed by atoms with E-state index in [0.29, 0.717) is 36.3 Å². The third kappa shape index (κ3) is 4.35. The van der Waals surface area contributed by atoms with E-state index in [-0.39, 0.29) is 18.4 Å². The number of ether oxygens (including phenoxy) is 1. The molecule has 0 aliphatic carbocycles. The van der Waals surface area contributed by atoms with Gasteiger partial charge in [0.1, 0.15) is 5.75 Å². The van der Waals surface area contributed by atoms with E-state index in [9.17, 15) is 8.42 Å². The number of benzene rings is 1. The zero-order chi connectivity index (χ0) is 15.5. The van der Waals surface area contributed by atoms with E-state index in [4.69, 9.17) is 10.5 Å². The van der Waals surface area contributed by atoms with Crippen molar-refractivity contribution < 1.29 is 13.2 Å². The lowest BCUT2D eigenvalue weighted by Crippen LogP contribution is -2.39. The van der Waals surface area contributed by atoms with Crippen LogP contribution in [-0.2, 0) is 10.0 Å². The van der Waals surface area contributed by atoms with Crippen molar-refractivity contribution in [3.05, 3.63) is 24.3 Å². The molecule has 1 aromatic carbocycles. The third-order valence-corrected chi connectivity index (χ3v) is 5.57. The highest BCUT2D eigenvalue weighted by Gasteiger charge is 2.34. The highest BCUT2D eigenvalue weighted by molar-refractivity contribution is 7.89. The lowest BCUT2D eigenvalue weighted by atomic mass is 10.2. The number of hydrogen-bond acceptors (Lipinski definition) is 4. The first kappa shape index (κ1) is 19.2. The van der Waals surface area contributed by atoms with E-state index >= 15 is 0 Å². The molecule has 2 N–H and O–H groups in total. The lowest BCUT2D eigenvalue weighted by molar-refractivity contribution is 0.271. The molecule has 0 aromatic heterocycles. The maximum absolute atomic E-state index is 12.6. The van der Waals surface area contributed by atoms with E-state index in [1.165, 1.54) is 4.31 Å². The smallest absolute Gasteiger partial charge is 0.243 e. The molecule has 1 aliphatic rings. The van der Waals surface area contributed by atoms with Gasteiger partial charge >= 0.3 is 0 Å². The third-order valence-electron chi connectivity index (χ3n) is 3.61. The van der Waals surface area contributed by atoms with Crippen molar-refractivity contribution in [3.63, 3.8) is 0 Å². The van der Waals surface area contributed by atoms with Crippen LogP contribution in [0.2, 0.25) is 0 Å². The minimum atomic E-state index is -3.45. The zero-order valence-corrected chi connectivity index (χ0v) is 14.7. The Labute approximate surface area is 139 Å². The first-order valence-electron chi connectivity index (χ1n) is 7.40. The summed E-state index contributed by atoms with van der Waals surface area (Å²) in [5.41, 5.74) is 5.66. The van der Waals surface area contributed by atoms with Crippen LogP contribution in [-0.4, -0.2) is 38.5 Å². The van der Waals surface area contributed by atoms with Gasteiger partial charge in [-0.2, -0.15) is 4.31 Å². The fourth-order valence-corrected chi connectivity index (χ4v) is 4.17. The number of nitrogens with two attached hydrogens (primary N) is 1. The largest absolute Gasteiger partial charge is 0.493 e. The van der Waals surface area contributed by atoms with E-state index < -0.39 is 10.0 Å². The Bertz CT molecular complexity index is 561. The highest BCUT2D eigenvalue weighted by Crippen LogP contribution is 2.26. The molecule has 1 heterocycles. The number of nitrogens with zero attached hydrogens (tertiary/aromatic N) is 1. The molecule has 7 heteroatoms. The highest BCUT2D eigenvalue weighted by atomic mass is 35.5. The van der Waals surface area contributed by atoms with Crippen LogP contribution < -0.4 is 10.5 Å². The molecule has 1 aromatic rings. The predicted octanol–water partition coefficient (Wildman–Crippen LogP) is 2.26. The van der Waals surface area contributed by atoms with Gasteiger partial charge in [-0.15, -0.1) is 12.4 Å². The van der Waals surface area contributed by atoms with Gasteiger partial charge in [-0.3, -0.25) is 0 Å². The number of sulfonamides is 1. The van der Waals surface area contributed by atoms with Gasteiger partial charge in [-0.25, -0.2) is 8.42 Å². The van der Waals surface area contributed by atoms with Crippen LogP contribution in [0.1, 0.15) is 26.7 Å². The van der Waals surface area contributed by atoms with Gasteiger partial charge in [0.2, 0.25) is 10.0 Å². The molecule has 22 heavy (non-hydrogen) atoms. The van der Waals surface area contributed by atoms with Gasteiger partial charge in [-0.1, -0.05) is 13.8 Å². The summed E-state index contributed by atoms with van der Waals surface area (Å²) in [4.78, 5) is 0.305. The van der Waals surface area contributed by atoms with Crippen LogP contribution in [0.4, 0.5) is 0 Å². The molecule has 0 saturated carbocycles. The summed E-state index contributed by atoms with van der Waals surface area (Å²) in [6.45, 7) is 5.68. The second-order valence-corrected chi connectivity index (χ2v) is 7.71. The molecule has 1 fully saturated rings. The Morgan fingerprint density at radius 1 is 1.32 bits per heavy atom. The van der Waals surface area contributed by atoms with E-state index in [1.807, 2.05) is 0 Å². The monoisotopic (exact) mass is 348 g/mol. The van der Waals surface area contributed by atoms with Crippen molar-refractivity contribution in [3.8, 4) is 5.75 Å². The summed E-state index contributed by atoms with van der Waals surface area (Å²) in [6.07, 6.45) is 1.71. The zero-order valence-electron chi connectivity index (χ0n) is 13.1. The number of rotatable bonds is 6.